The highest BCUT2D eigenvalue weighted by Gasteiger charge is 2.09. The van der Waals surface area contributed by atoms with Crippen LogP contribution in [0.1, 0.15) is 18.9 Å². The molecule has 0 aliphatic carbocycles. The van der Waals surface area contributed by atoms with E-state index in [1.165, 1.54) is 0 Å². The number of nitriles is 1. The van der Waals surface area contributed by atoms with Gasteiger partial charge >= 0.3 is 0 Å². The maximum atomic E-state index is 9.92. The summed E-state index contributed by atoms with van der Waals surface area (Å²) < 4.78 is 5.50. The highest BCUT2D eigenvalue weighted by molar-refractivity contribution is 5.42. The predicted octanol–water partition coefficient (Wildman–Crippen LogP) is 1.23. The molecule has 2 N–H and O–H groups in total. The first-order valence-corrected chi connectivity index (χ1v) is 7.21. The van der Waals surface area contributed by atoms with Crippen LogP contribution in [-0.4, -0.2) is 55.9 Å². The van der Waals surface area contributed by atoms with Gasteiger partial charge in [0, 0.05) is 12.6 Å². The van der Waals surface area contributed by atoms with Gasteiger partial charge < -0.3 is 20.1 Å². The normalized spacial score (nSPS) is 13.7. The largest absolute Gasteiger partial charge is 0.489 e. The van der Waals surface area contributed by atoms with Gasteiger partial charge in [-0.15, -0.1) is 0 Å². The molecule has 21 heavy (non-hydrogen) atoms. The van der Waals surface area contributed by atoms with Crippen molar-refractivity contribution in [2.45, 2.75) is 25.5 Å². The van der Waals surface area contributed by atoms with Gasteiger partial charge in [0.15, 0.2) is 0 Å². The van der Waals surface area contributed by atoms with Crippen LogP contribution in [0.4, 0.5) is 0 Å². The van der Waals surface area contributed by atoms with E-state index in [0.717, 1.165) is 13.0 Å². The molecule has 0 aromatic heterocycles. The zero-order chi connectivity index (χ0) is 15.7. The summed E-state index contributed by atoms with van der Waals surface area (Å²) in [5, 5.41) is 22.2. The minimum Gasteiger partial charge on any atom is -0.489 e. The van der Waals surface area contributed by atoms with E-state index in [2.05, 4.69) is 23.2 Å². The van der Waals surface area contributed by atoms with Crippen LogP contribution in [0.2, 0.25) is 0 Å². The van der Waals surface area contributed by atoms with Gasteiger partial charge in [-0.3, -0.25) is 0 Å². The van der Waals surface area contributed by atoms with Crippen LogP contribution in [0.15, 0.2) is 24.3 Å². The predicted molar refractivity (Wildman–Crippen MR) is 83.3 cm³/mol. The number of nitrogens with one attached hydrogen (secondary N) is 1. The van der Waals surface area contributed by atoms with Crippen LogP contribution >= 0.6 is 0 Å². The Morgan fingerprint density at radius 3 is 2.76 bits per heavy atom. The molecule has 1 aromatic rings. The average molecular weight is 291 g/mol. The Balaban J connectivity index is 2.28. The zero-order valence-electron chi connectivity index (χ0n) is 13.0. The van der Waals surface area contributed by atoms with E-state index in [1.54, 1.807) is 18.2 Å². The number of aliphatic hydroxyl groups is 1. The van der Waals surface area contributed by atoms with Crippen molar-refractivity contribution >= 4 is 0 Å². The van der Waals surface area contributed by atoms with Gasteiger partial charge in [-0.05, 0) is 46.1 Å². The lowest BCUT2D eigenvalue weighted by atomic mass is 10.2. The molecular weight excluding hydrogens is 266 g/mol. The van der Waals surface area contributed by atoms with Crippen molar-refractivity contribution in [2.75, 3.05) is 33.8 Å². The molecule has 0 aliphatic heterocycles. The molecular formula is C16H25N3O2. The summed E-state index contributed by atoms with van der Waals surface area (Å²) in [6.07, 6.45) is 0.427. The van der Waals surface area contributed by atoms with Gasteiger partial charge in [-0.1, -0.05) is 12.1 Å². The fraction of sp³-hybridized carbons (Fsp3) is 0.562. The van der Waals surface area contributed by atoms with E-state index >= 15 is 0 Å². The lowest BCUT2D eigenvalue weighted by Gasteiger charge is -2.19. The van der Waals surface area contributed by atoms with Gasteiger partial charge in [-0.2, -0.15) is 5.26 Å². The Morgan fingerprint density at radius 1 is 1.38 bits per heavy atom. The molecule has 0 spiro atoms. The Hall–Kier alpha value is -1.61. The highest BCUT2D eigenvalue weighted by Crippen LogP contribution is 2.16. The molecule has 0 bridgehead atoms. The molecule has 116 valence electrons. The second kappa shape index (κ2) is 9.35. The van der Waals surface area contributed by atoms with Crippen LogP contribution in [0.3, 0.4) is 0 Å². The first kappa shape index (κ1) is 17.4. The molecule has 1 aromatic carbocycles. The van der Waals surface area contributed by atoms with Crippen molar-refractivity contribution in [1.29, 1.82) is 5.26 Å². The van der Waals surface area contributed by atoms with E-state index in [0.29, 0.717) is 23.9 Å². The molecule has 2 unspecified atom stereocenters. The fourth-order valence-electron chi connectivity index (χ4n) is 1.82. The Bertz CT molecular complexity index is 457. The molecule has 5 heteroatoms. The first-order chi connectivity index (χ1) is 10.0. The quantitative estimate of drug-likeness (QED) is 0.716. The highest BCUT2D eigenvalue weighted by atomic mass is 16.5. The Kier molecular flexibility index (Phi) is 7.76. The third kappa shape index (κ3) is 7.09. The summed E-state index contributed by atoms with van der Waals surface area (Å²) in [6, 6.07) is 9.44. The maximum absolute atomic E-state index is 9.92. The number of aliphatic hydroxyl groups excluding tert-OH is 1. The minimum absolute atomic E-state index is 0.173. The Labute approximate surface area is 127 Å². The molecule has 0 saturated heterocycles. The molecule has 2 atom stereocenters. The number of benzene rings is 1. The van der Waals surface area contributed by atoms with Gasteiger partial charge in [0.25, 0.3) is 0 Å². The summed E-state index contributed by atoms with van der Waals surface area (Å²) >= 11 is 0. The number of para-hydroxylation sites is 1. The first-order valence-electron chi connectivity index (χ1n) is 7.21. The van der Waals surface area contributed by atoms with Crippen molar-refractivity contribution in [2.24, 2.45) is 0 Å². The summed E-state index contributed by atoms with van der Waals surface area (Å²) in [5.74, 6) is 0.514. The third-order valence-electron chi connectivity index (χ3n) is 3.15. The van der Waals surface area contributed by atoms with Crippen molar-refractivity contribution in [3.8, 4) is 11.8 Å². The van der Waals surface area contributed by atoms with Crippen molar-refractivity contribution in [3.63, 3.8) is 0 Å². The van der Waals surface area contributed by atoms with Gasteiger partial charge in [0.05, 0.1) is 5.56 Å². The number of hydrogen-bond acceptors (Lipinski definition) is 5. The number of rotatable bonds is 9. The second-order valence-corrected chi connectivity index (χ2v) is 5.47. The summed E-state index contributed by atoms with van der Waals surface area (Å²) in [6.45, 7) is 3.76. The lowest BCUT2D eigenvalue weighted by Crippen LogP contribution is -2.37. The standard InChI is InChI=1S/C16H25N3O2/c1-13(8-9-19(2)3)18-11-15(20)12-21-16-7-5-4-6-14(16)10-17/h4-7,13,15,18,20H,8-9,11-12H2,1-3H3. The molecule has 0 saturated carbocycles. The minimum atomic E-state index is -0.599. The smallest absolute Gasteiger partial charge is 0.137 e. The molecule has 0 aliphatic rings. The van der Waals surface area contributed by atoms with Crippen molar-refractivity contribution < 1.29 is 9.84 Å². The van der Waals surface area contributed by atoms with Crippen LogP contribution in [0.25, 0.3) is 0 Å². The second-order valence-electron chi connectivity index (χ2n) is 5.47. The summed E-state index contributed by atoms with van der Waals surface area (Å²) in [7, 11) is 4.09. The zero-order valence-corrected chi connectivity index (χ0v) is 13.0. The van der Waals surface area contributed by atoms with E-state index in [-0.39, 0.29) is 6.61 Å². The fourth-order valence-corrected chi connectivity index (χ4v) is 1.82. The SMILES string of the molecule is CC(CCN(C)C)NCC(O)COc1ccccc1C#N. The van der Waals surface area contributed by atoms with E-state index < -0.39 is 6.10 Å². The van der Waals surface area contributed by atoms with Gasteiger partial charge in [0.1, 0.15) is 24.5 Å². The number of ether oxygens (including phenoxy) is 1. The molecule has 0 amide bonds. The summed E-state index contributed by atoms with van der Waals surface area (Å²) in [4.78, 5) is 2.14. The molecule has 1 rings (SSSR count). The molecule has 0 fully saturated rings. The van der Waals surface area contributed by atoms with Gasteiger partial charge in [0.2, 0.25) is 0 Å². The van der Waals surface area contributed by atoms with E-state index in [9.17, 15) is 5.11 Å². The monoisotopic (exact) mass is 291 g/mol. The number of nitrogens with zero attached hydrogens (tertiary/aromatic N) is 2. The van der Waals surface area contributed by atoms with Crippen LogP contribution in [-0.2, 0) is 0 Å². The van der Waals surface area contributed by atoms with Gasteiger partial charge in [-0.25, -0.2) is 0 Å². The molecule has 0 radical (unpaired) electrons. The van der Waals surface area contributed by atoms with Crippen LogP contribution < -0.4 is 10.1 Å². The van der Waals surface area contributed by atoms with Crippen LogP contribution in [0, 0.1) is 11.3 Å². The molecule has 0 heterocycles. The molecule has 5 nitrogen and oxygen atoms in total. The summed E-state index contributed by atoms with van der Waals surface area (Å²) in [5.41, 5.74) is 0.483. The van der Waals surface area contributed by atoms with E-state index in [4.69, 9.17) is 10.00 Å². The lowest BCUT2D eigenvalue weighted by molar-refractivity contribution is 0.103. The number of hydrogen-bond donors (Lipinski definition) is 2. The van der Waals surface area contributed by atoms with Crippen molar-refractivity contribution in [3.05, 3.63) is 29.8 Å². The topological polar surface area (TPSA) is 68.5 Å². The van der Waals surface area contributed by atoms with Crippen LogP contribution in [0.5, 0.6) is 5.75 Å². The van der Waals surface area contributed by atoms with E-state index in [1.807, 2.05) is 20.2 Å². The Morgan fingerprint density at radius 2 is 2.10 bits per heavy atom. The third-order valence-corrected chi connectivity index (χ3v) is 3.15. The average Bonchev–Trinajstić information content (AvgIpc) is 2.49. The maximum Gasteiger partial charge on any atom is 0.137 e. The van der Waals surface area contributed by atoms with Crippen molar-refractivity contribution in [1.82, 2.24) is 10.2 Å².